The standard InChI is InChI=1S/C42H25N3O7/c46-36-30-16-26-18-32-33(41(50)45(40(32)49)28-12-6-11-24(15-28)23-9-4-5-10-23)19-27(26)17-31(30)37(47)35(36)38-43-34-20-25(13-14-29(34)39(48)44-38)42(51)52-21-22-7-2-1-3-8-22/h1-4,6-20,35H,5,21H2,(H,43,44,48). The molecule has 1 N–H and O–H groups in total. The number of ketones is 2. The van der Waals surface area contributed by atoms with Gasteiger partial charge < -0.3 is 9.72 Å². The van der Waals surface area contributed by atoms with Crippen LogP contribution in [0.3, 0.4) is 0 Å². The maximum Gasteiger partial charge on any atom is 0.338 e. The van der Waals surface area contributed by atoms with Crippen molar-refractivity contribution in [2.75, 3.05) is 4.90 Å². The first kappa shape index (κ1) is 30.9. The van der Waals surface area contributed by atoms with Crippen molar-refractivity contribution in [3.05, 3.63) is 170 Å². The van der Waals surface area contributed by atoms with Crippen LogP contribution in [-0.2, 0) is 11.3 Å². The van der Waals surface area contributed by atoms with E-state index in [0.717, 1.165) is 28.0 Å². The molecule has 6 aromatic rings. The molecule has 0 unspecified atom stereocenters. The van der Waals surface area contributed by atoms with Crippen molar-refractivity contribution in [1.29, 1.82) is 0 Å². The van der Waals surface area contributed by atoms with Gasteiger partial charge in [-0.15, -0.1) is 0 Å². The Morgan fingerprint density at radius 2 is 1.46 bits per heavy atom. The minimum atomic E-state index is -1.43. The van der Waals surface area contributed by atoms with E-state index in [4.69, 9.17) is 4.74 Å². The number of carbonyl (C=O) groups is 5. The fourth-order valence-corrected chi connectivity index (χ4v) is 7.08. The number of hydrogen-bond acceptors (Lipinski definition) is 8. The molecule has 250 valence electrons. The normalized spacial score (nSPS) is 15.2. The molecule has 3 aliphatic rings. The summed E-state index contributed by atoms with van der Waals surface area (Å²) in [6, 6.07) is 26.9. The number of carbonyl (C=O) groups excluding carboxylic acids is 5. The summed E-state index contributed by atoms with van der Waals surface area (Å²) in [4.78, 5) is 89.1. The SMILES string of the molecule is O=C(OCc1ccccc1)c1ccc2c(=O)[nH]c(C3C(=O)c4cc5cc6c(cc5cc4C3=O)C(=O)N(c3cccc(C4=CCC=C4)c3)C6=O)nc2c1. The Kier molecular flexibility index (Phi) is 7.01. The van der Waals surface area contributed by atoms with Crippen LogP contribution in [0.2, 0.25) is 0 Å². The first-order valence-corrected chi connectivity index (χ1v) is 16.6. The number of fused-ring (bicyclic) bond motifs is 4. The number of allylic oxidation sites excluding steroid dienone is 4. The molecule has 1 aliphatic heterocycles. The highest BCUT2D eigenvalue weighted by atomic mass is 16.5. The Morgan fingerprint density at radius 3 is 2.13 bits per heavy atom. The largest absolute Gasteiger partial charge is 0.457 e. The van der Waals surface area contributed by atoms with E-state index in [9.17, 15) is 28.8 Å². The third-order valence-corrected chi connectivity index (χ3v) is 9.69. The van der Waals surface area contributed by atoms with Crippen LogP contribution in [0.5, 0.6) is 0 Å². The highest BCUT2D eigenvalue weighted by Gasteiger charge is 2.43. The monoisotopic (exact) mass is 683 g/mol. The number of anilines is 1. The number of aromatic amines is 1. The molecular formula is C42H25N3O7. The van der Waals surface area contributed by atoms with E-state index < -0.39 is 40.8 Å². The van der Waals surface area contributed by atoms with Gasteiger partial charge in [0, 0.05) is 11.1 Å². The van der Waals surface area contributed by atoms with Gasteiger partial charge in [-0.05, 0) is 88.5 Å². The zero-order chi connectivity index (χ0) is 35.7. The third-order valence-electron chi connectivity index (χ3n) is 9.69. The van der Waals surface area contributed by atoms with Gasteiger partial charge >= 0.3 is 5.97 Å². The van der Waals surface area contributed by atoms with E-state index in [1.54, 1.807) is 30.3 Å². The molecule has 5 aromatic carbocycles. The van der Waals surface area contributed by atoms with Gasteiger partial charge in [0.1, 0.15) is 18.3 Å². The molecule has 0 spiro atoms. The first-order valence-electron chi connectivity index (χ1n) is 16.6. The van der Waals surface area contributed by atoms with E-state index in [2.05, 4.69) is 16.0 Å². The van der Waals surface area contributed by atoms with E-state index in [-0.39, 0.29) is 51.2 Å². The van der Waals surface area contributed by atoms with Crippen molar-refractivity contribution in [3.63, 3.8) is 0 Å². The predicted molar refractivity (Wildman–Crippen MR) is 193 cm³/mol. The number of Topliss-reactive ketones (excluding diaryl/α,β-unsaturated/α-hetero) is 2. The number of imide groups is 1. The zero-order valence-corrected chi connectivity index (χ0v) is 27.2. The molecule has 0 atom stereocenters. The number of H-pyrrole nitrogens is 1. The molecule has 0 bridgehead atoms. The topological polar surface area (TPSA) is 144 Å². The second-order valence-electron chi connectivity index (χ2n) is 12.8. The lowest BCUT2D eigenvalue weighted by Crippen LogP contribution is -2.29. The smallest absolute Gasteiger partial charge is 0.338 e. The Hall–Kier alpha value is -7.07. The Labute approximate surface area is 294 Å². The van der Waals surface area contributed by atoms with E-state index in [1.165, 1.54) is 30.3 Å². The number of esters is 1. The third kappa shape index (κ3) is 4.91. The van der Waals surface area contributed by atoms with E-state index in [1.807, 2.05) is 48.6 Å². The molecule has 0 saturated carbocycles. The van der Waals surface area contributed by atoms with Crippen LogP contribution in [0.4, 0.5) is 5.69 Å². The van der Waals surface area contributed by atoms with Crippen molar-refractivity contribution in [2.45, 2.75) is 18.9 Å². The maximum absolute atomic E-state index is 13.8. The lowest BCUT2D eigenvalue weighted by atomic mass is 9.98. The minimum Gasteiger partial charge on any atom is -0.457 e. The highest BCUT2D eigenvalue weighted by molar-refractivity contribution is 6.36. The van der Waals surface area contributed by atoms with Crippen LogP contribution < -0.4 is 10.5 Å². The molecule has 2 amide bonds. The van der Waals surface area contributed by atoms with Gasteiger partial charge in [0.25, 0.3) is 17.4 Å². The van der Waals surface area contributed by atoms with E-state index in [0.29, 0.717) is 16.5 Å². The number of ether oxygens (including phenoxy) is 1. The Balaban J connectivity index is 1.02. The Morgan fingerprint density at radius 1 is 0.769 bits per heavy atom. The molecule has 2 heterocycles. The summed E-state index contributed by atoms with van der Waals surface area (Å²) in [5, 5.41) is 1.16. The molecule has 10 heteroatoms. The van der Waals surface area contributed by atoms with Gasteiger partial charge in [0.05, 0.1) is 33.3 Å². The lowest BCUT2D eigenvalue weighted by molar-refractivity contribution is 0.0472. The van der Waals surface area contributed by atoms with Crippen molar-refractivity contribution < 1.29 is 28.7 Å². The minimum absolute atomic E-state index is 0.0530. The average molecular weight is 684 g/mol. The van der Waals surface area contributed by atoms with Crippen LogP contribution >= 0.6 is 0 Å². The highest BCUT2D eigenvalue weighted by Crippen LogP contribution is 2.38. The summed E-state index contributed by atoms with van der Waals surface area (Å²) >= 11 is 0. The number of nitrogens with one attached hydrogen (secondary N) is 1. The number of aromatic nitrogens is 2. The fourth-order valence-electron chi connectivity index (χ4n) is 7.08. The van der Waals surface area contributed by atoms with Crippen molar-refractivity contribution in [2.24, 2.45) is 0 Å². The molecule has 9 rings (SSSR count). The summed E-state index contributed by atoms with van der Waals surface area (Å²) in [6.45, 7) is 0.0530. The molecule has 0 radical (unpaired) electrons. The molecule has 52 heavy (non-hydrogen) atoms. The van der Waals surface area contributed by atoms with Gasteiger partial charge in [0.15, 0.2) is 11.6 Å². The number of benzene rings is 5. The average Bonchev–Trinajstić information content (AvgIpc) is 3.85. The van der Waals surface area contributed by atoms with Crippen LogP contribution in [0.25, 0.3) is 27.2 Å². The number of amides is 2. The summed E-state index contributed by atoms with van der Waals surface area (Å²) in [6.07, 6.45) is 6.92. The van der Waals surface area contributed by atoms with Crippen LogP contribution in [0, 0.1) is 0 Å². The van der Waals surface area contributed by atoms with Gasteiger partial charge in [-0.25, -0.2) is 14.7 Å². The van der Waals surface area contributed by atoms with Crippen molar-refractivity contribution >= 4 is 62.3 Å². The molecule has 10 nitrogen and oxygen atoms in total. The van der Waals surface area contributed by atoms with Crippen molar-refractivity contribution in [1.82, 2.24) is 9.97 Å². The first-order chi connectivity index (χ1) is 25.2. The maximum atomic E-state index is 13.8. The zero-order valence-electron chi connectivity index (χ0n) is 27.2. The molecule has 1 aromatic heterocycles. The van der Waals surface area contributed by atoms with Crippen molar-refractivity contribution in [3.8, 4) is 0 Å². The summed E-state index contributed by atoms with van der Waals surface area (Å²) in [5.41, 5.74) is 3.45. The quantitative estimate of drug-likeness (QED) is 0.116. The second kappa shape index (κ2) is 11.8. The molecule has 0 saturated heterocycles. The molecule has 2 aliphatic carbocycles. The van der Waals surface area contributed by atoms with Gasteiger partial charge in [-0.1, -0.05) is 60.7 Å². The van der Waals surface area contributed by atoms with E-state index >= 15 is 0 Å². The summed E-state index contributed by atoms with van der Waals surface area (Å²) in [5.74, 6) is -4.33. The second-order valence-corrected chi connectivity index (χ2v) is 12.8. The van der Waals surface area contributed by atoms with Gasteiger partial charge in [-0.2, -0.15) is 0 Å². The van der Waals surface area contributed by atoms with Gasteiger partial charge in [-0.3, -0.25) is 24.0 Å². The molecular weight excluding hydrogens is 658 g/mol. The fraction of sp³-hybridized carbons (Fsp3) is 0.0714. The van der Waals surface area contributed by atoms with Crippen LogP contribution in [0.1, 0.15) is 81.1 Å². The summed E-state index contributed by atoms with van der Waals surface area (Å²) in [7, 11) is 0. The van der Waals surface area contributed by atoms with Crippen LogP contribution in [0.15, 0.2) is 120 Å². The van der Waals surface area contributed by atoms with Crippen LogP contribution in [-0.4, -0.2) is 39.3 Å². The number of hydrogen-bond donors (Lipinski definition) is 1. The lowest BCUT2D eigenvalue weighted by Gasteiger charge is -2.15. The number of rotatable bonds is 6. The summed E-state index contributed by atoms with van der Waals surface area (Å²) < 4.78 is 5.42. The van der Waals surface area contributed by atoms with Gasteiger partial charge in [0.2, 0.25) is 0 Å². The molecule has 0 fully saturated rings. The number of nitrogens with zero attached hydrogens (tertiary/aromatic N) is 2. The predicted octanol–water partition coefficient (Wildman–Crippen LogP) is 6.74. The Bertz CT molecular complexity index is 2670.